The number of aromatic amines is 1. The van der Waals surface area contributed by atoms with Gasteiger partial charge in [-0.25, -0.2) is 0 Å². The Kier molecular flexibility index (Phi) is 3.25. The summed E-state index contributed by atoms with van der Waals surface area (Å²) in [5, 5.41) is 11.1. The fourth-order valence-electron chi connectivity index (χ4n) is 5.11. The maximum absolute atomic E-state index is 9.75. The van der Waals surface area contributed by atoms with E-state index in [0.717, 1.165) is 31.5 Å². The van der Waals surface area contributed by atoms with Crippen LogP contribution in [0.3, 0.4) is 0 Å². The fourth-order valence-corrected chi connectivity index (χ4v) is 5.11. The van der Waals surface area contributed by atoms with Gasteiger partial charge >= 0.3 is 0 Å². The van der Waals surface area contributed by atoms with E-state index in [0.29, 0.717) is 17.9 Å². The van der Waals surface area contributed by atoms with Gasteiger partial charge in [-0.15, -0.1) is 0 Å². The third-order valence-corrected chi connectivity index (χ3v) is 6.40. The van der Waals surface area contributed by atoms with Gasteiger partial charge in [0.25, 0.3) is 0 Å². The van der Waals surface area contributed by atoms with Crippen LogP contribution in [0.1, 0.15) is 30.6 Å². The molecular formula is C20H24N2O2. The summed E-state index contributed by atoms with van der Waals surface area (Å²) in [6.07, 6.45) is 4.24. The van der Waals surface area contributed by atoms with E-state index in [1.54, 1.807) is 0 Å². The molecule has 1 aromatic heterocycles. The highest BCUT2D eigenvalue weighted by atomic mass is 16.5. The van der Waals surface area contributed by atoms with Crippen LogP contribution >= 0.6 is 0 Å². The number of para-hydroxylation sites is 1. The SMILES string of the molecule is C[C@H]1OC=C(CO)[C@H]2C[C@H]3c4[nH]c5ccccc5c4CCN3C[C@@H]21. The zero-order valence-corrected chi connectivity index (χ0v) is 14.0. The molecule has 0 unspecified atom stereocenters. The second kappa shape index (κ2) is 5.36. The number of H-pyrrole nitrogens is 1. The van der Waals surface area contributed by atoms with Crippen molar-refractivity contribution < 1.29 is 9.84 Å². The van der Waals surface area contributed by atoms with Crippen molar-refractivity contribution in [1.82, 2.24) is 9.88 Å². The molecule has 5 rings (SSSR count). The number of fused-ring (bicyclic) bond motifs is 6. The number of aliphatic hydroxyl groups is 1. The van der Waals surface area contributed by atoms with Crippen LogP contribution in [0.5, 0.6) is 0 Å². The molecule has 0 amide bonds. The zero-order chi connectivity index (χ0) is 16.3. The quantitative estimate of drug-likeness (QED) is 0.848. The molecule has 0 saturated carbocycles. The number of nitrogens with zero attached hydrogens (tertiary/aromatic N) is 1. The monoisotopic (exact) mass is 324 g/mol. The van der Waals surface area contributed by atoms with Gasteiger partial charge in [-0.05, 0) is 42.9 Å². The topological polar surface area (TPSA) is 48.5 Å². The average molecular weight is 324 g/mol. The highest BCUT2D eigenvalue weighted by Gasteiger charge is 2.44. The van der Waals surface area contributed by atoms with Gasteiger partial charge in [0.2, 0.25) is 0 Å². The van der Waals surface area contributed by atoms with Crippen LogP contribution in [0.15, 0.2) is 36.1 Å². The van der Waals surface area contributed by atoms with Crippen molar-refractivity contribution in [1.29, 1.82) is 0 Å². The van der Waals surface area contributed by atoms with Crippen LogP contribution in [0.25, 0.3) is 10.9 Å². The molecule has 3 aliphatic rings. The fraction of sp³-hybridized carbons (Fsp3) is 0.500. The first kappa shape index (κ1) is 14.6. The summed E-state index contributed by atoms with van der Waals surface area (Å²) in [6, 6.07) is 9.08. The van der Waals surface area contributed by atoms with Gasteiger partial charge in [-0.3, -0.25) is 4.90 Å². The van der Waals surface area contributed by atoms with Crippen LogP contribution in [-0.4, -0.2) is 40.8 Å². The van der Waals surface area contributed by atoms with E-state index < -0.39 is 0 Å². The van der Waals surface area contributed by atoms with Crippen LogP contribution in [0, 0.1) is 11.8 Å². The first-order chi connectivity index (χ1) is 11.8. The number of benzene rings is 1. The number of rotatable bonds is 1. The molecular weight excluding hydrogens is 300 g/mol. The van der Waals surface area contributed by atoms with Crippen LogP contribution in [0.2, 0.25) is 0 Å². The first-order valence-corrected chi connectivity index (χ1v) is 9.05. The summed E-state index contributed by atoms with van der Waals surface area (Å²) < 4.78 is 5.79. The van der Waals surface area contributed by atoms with Gasteiger partial charge in [-0.1, -0.05) is 18.2 Å². The van der Waals surface area contributed by atoms with E-state index >= 15 is 0 Å². The molecule has 0 aliphatic carbocycles. The number of hydrogen-bond acceptors (Lipinski definition) is 3. The molecule has 0 bridgehead atoms. The van der Waals surface area contributed by atoms with Gasteiger partial charge in [0.05, 0.1) is 25.0 Å². The third-order valence-electron chi connectivity index (χ3n) is 6.40. The highest BCUT2D eigenvalue weighted by Crippen LogP contribution is 2.47. The van der Waals surface area contributed by atoms with Crippen LogP contribution in [-0.2, 0) is 11.2 Å². The third kappa shape index (κ3) is 1.99. The molecule has 24 heavy (non-hydrogen) atoms. The van der Waals surface area contributed by atoms with Crippen molar-refractivity contribution in [2.45, 2.75) is 31.9 Å². The molecule has 126 valence electrons. The van der Waals surface area contributed by atoms with Gasteiger partial charge in [-0.2, -0.15) is 0 Å². The summed E-state index contributed by atoms with van der Waals surface area (Å²) >= 11 is 0. The lowest BCUT2D eigenvalue weighted by atomic mass is 9.72. The summed E-state index contributed by atoms with van der Waals surface area (Å²) in [5.41, 5.74) is 5.22. The predicted octanol–water partition coefficient (Wildman–Crippen LogP) is 3.00. The van der Waals surface area contributed by atoms with E-state index in [4.69, 9.17) is 4.74 Å². The average Bonchev–Trinajstić information content (AvgIpc) is 3.00. The van der Waals surface area contributed by atoms with E-state index in [1.165, 1.54) is 22.2 Å². The Bertz CT molecular complexity index is 809. The van der Waals surface area contributed by atoms with Crippen molar-refractivity contribution in [3.8, 4) is 0 Å². The largest absolute Gasteiger partial charge is 0.498 e. The molecule has 1 saturated heterocycles. The molecule has 0 radical (unpaired) electrons. The molecule has 4 atom stereocenters. The minimum atomic E-state index is 0.111. The number of piperidine rings is 1. The molecule has 4 heterocycles. The summed E-state index contributed by atoms with van der Waals surface area (Å²) in [4.78, 5) is 6.32. The van der Waals surface area contributed by atoms with Crippen LogP contribution < -0.4 is 0 Å². The minimum absolute atomic E-state index is 0.111. The maximum atomic E-state index is 9.75. The van der Waals surface area contributed by atoms with Gasteiger partial charge in [0.15, 0.2) is 0 Å². The Morgan fingerprint density at radius 2 is 2.21 bits per heavy atom. The lowest BCUT2D eigenvalue weighted by molar-refractivity contribution is -0.0268. The number of aliphatic hydroxyl groups excluding tert-OH is 1. The summed E-state index contributed by atoms with van der Waals surface area (Å²) in [7, 11) is 0. The van der Waals surface area contributed by atoms with E-state index in [9.17, 15) is 5.11 Å². The Morgan fingerprint density at radius 1 is 1.33 bits per heavy atom. The predicted molar refractivity (Wildman–Crippen MR) is 93.6 cm³/mol. The Hall–Kier alpha value is -1.78. The molecule has 4 nitrogen and oxygen atoms in total. The summed E-state index contributed by atoms with van der Waals surface area (Å²) in [5.74, 6) is 0.914. The first-order valence-electron chi connectivity index (χ1n) is 9.05. The van der Waals surface area contributed by atoms with Gasteiger partial charge in [0.1, 0.15) is 0 Å². The molecule has 2 aromatic rings. The van der Waals surface area contributed by atoms with E-state index in [1.807, 2.05) is 6.26 Å². The molecule has 1 aromatic carbocycles. The summed E-state index contributed by atoms with van der Waals surface area (Å²) in [6.45, 7) is 4.46. The maximum Gasteiger partial charge on any atom is 0.0996 e. The minimum Gasteiger partial charge on any atom is -0.498 e. The Morgan fingerprint density at radius 3 is 3.08 bits per heavy atom. The smallest absolute Gasteiger partial charge is 0.0996 e. The van der Waals surface area contributed by atoms with Crippen molar-refractivity contribution >= 4 is 10.9 Å². The molecule has 4 heteroatoms. The number of aromatic nitrogens is 1. The Balaban J connectivity index is 1.56. The normalized spacial score (nSPS) is 32.5. The van der Waals surface area contributed by atoms with Crippen LogP contribution in [0.4, 0.5) is 0 Å². The molecule has 2 N–H and O–H groups in total. The van der Waals surface area contributed by atoms with Crippen molar-refractivity contribution in [2.24, 2.45) is 11.8 Å². The second-order valence-electron chi connectivity index (χ2n) is 7.52. The lowest BCUT2D eigenvalue weighted by Gasteiger charge is -2.49. The lowest BCUT2D eigenvalue weighted by Crippen LogP contribution is -2.51. The number of nitrogens with one attached hydrogen (secondary N) is 1. The highest BCUT2D eigenvalue weighted by molar-refractivity contribution is 5.85. The van der Waals surface area contributed by atoms with Crippen molar-refractivity contribution in [2.75, 3.05) is 19.7 Å². The van der Waals surface area contributed by atoms with Gasteiger partial charge < -0.3 is 14.8 Å². The number of hydrogen-bond donors (Lipinski definition) is 2. The Labute approximate surface area is 142 Å². The second-order valence-corrected chi connectivity index (χ2v) is 7.52. The molecule has 1 fully saturated rings. The standard InChI is InChI=1S/C20H24N2O2/c1-12-17-9-22-7-6-15-14-4-2-3-5-18(14)21-20(15)19(22)8-16(17)13(10-23)11-24-12/h2-5,11-12,16-17,19,21,23H,6-10H2,1H3/t12-,16-,17-,19+/m1/s1. The zero-order valence-electron chi connectivity index (χ0n) is 14.0. The molecule has 3 aliphatic heterocycles. The van der Waals surface area contributed by atoms with E-state index in [-0.39, 0.29) is 12.7 Å². The number of ether oxygens (including phenoxy) is 1. The molecule has 0 spiro atoms. The van der Waals surface area contributed by atoms with Crippen molar-refractivity contribution in [3.63, 3.8) is 0 Å². The van der Waals surface area contributed by atoms with E-state index in [2.05, 4.69) is 41.1 Å². The van der Waals surface area contributed by atoms with Crippen molar-refractivity contribution in [3.05, 3.63) is 47.4 Å². The van der Waals surface area contributed by atoms with Gasteiger partial charge in [0, 0.05) is 35.6 Å².